The van der Waals surface area contributed by atoms with Crippen LogP contribution < -0.4 is 0 Å². The molecular formula is C12H15N3O4S. The van der Waals surface area contributed by atoms with E-state index < -0.39 is 16.0 Å². The third-order valence-electron chi connectivity index (χ3n) is 2.65. The van der Waals surface area contributed by atoms with Crippen LogP contribution in [0.15, 0.2) is 23.2 Å². The Morgan fingerprint density at radius 2 is 2.25 bits per heavy atom. The van der Waals surface area contributed by atoms with Gasteiger partial charge in [0, 0.05) is 26.2 Å². The topological polar surface area (TPSA) is 100 Å². The predicted molar refractivity (Wildman–Crippen MR) is 70.0 cm³/mol. The molecule has 0 bridgehead atoms. The van der Waals surface area contributed by atoms with Crippen LogP contribution in [0.3, 0.4) is 0 Å². The van der Waals surface area contributed by atoms with Crippen LogP contribution >= 0.6 is 0 Å². The van der Waals surface area contributed by atoms with Gasteiger partial charge >= 0.3 is 5.97 Å². The SMILES string of the molecule is COC(=O)CCCN(C)S(=O)(=O)c1cccnc1C#N. The van der Waals surface area contributed by atoms with Crippen molar-refractivity contribution in [1.82, 2.24) is 9.29 Å². The van der Waals surface area contributed by atoms with Crippen molar-refractivity contribution in [3.05, 3.63) is 24.0 Å². The van der Waals surface area contributed by atoms with Crippen molar-refractivity contribution >= 4 is 16.0 Å². The Morgan fingerprint density at radius 3 is 2.85 bits per heavy atom. The quantitative estimate of drug-likeness (QED) is 0.710. The number of hydrogen-bond donors (Lipinski definition) is 0. The molecule has 0 aliphatic rings. The summed E-state index contributed by atoms with van der Waals surface area (Å²) in [5, 5.41) is 8.89. The number of methoxy groups -OCH3 is 1. The van der Waals surface area contributed by atoms with Crippen molar-refractivity contribution < 1.29 is 17.9 Å². The Kier molecular flexibility index (Phi) is 5.61. The molecule has 0 fully saturated rings. The monoisotopic (exact) mass is 297 g/mol. The number of rotatable bonds is 6. The van der Waals surface area contributed by atoms with Crippen LogP contribution in [-0.4, -0.2) is 44.4 Å². The maximum atomic E-state index is 12.3. The van der Waals surface area contributed by atoms with Gasteiger partial charge in [0.05, 0.1) is 7.11 Å². The lowest BCUT2D eigenvalue weighted by atomic mass is 10.3. The van der Waals surface area contributed by atoms with Crippen LogP contribution in [0.2, 0.25) is 0 Å². The van der Waals surface area contributed by atoms with E-state index in [1.54, 1.807) is 6.07 Å². The second-order valence-corrected chi connectivity index (χ2v) is 5.98. The number of nitriles is 1. The minimum absolute atomic E-state index is 0.133. The molecule has 0 aliphatic carbocycles. The van der Waals surface area contributed by atoms with Gasteiger partial charge in [-0.1, -0.05) is 0 Å². The molecule has 0 radical (unpaired) electrons. The summed E-state index contributed by atoms with van der Waals surface area (Å²) in [5.41, 5.74) is -0.146. The Morgan fingerprint density at radius 1 is 1.55 bits per heavy atom. The van der Waals surface area contributed by atoms with Gasteiger partial charge in [0.2, 0.25) is 10.0 Å². The van der Waals surface area contributed by atoms with Gasteiger partial charge in [0.25, 0.3) is 0 Å². The largest absolute Gasteiger partial charge is 0.469 e. The highest BCUT2D eigenvalue weighted by Crippen LogP contribution is 2.17. The smallest absolute Gasteiger partial charge is 0.305 e. The molecule has 1 aromatic heterocycles. The van der Waals surface area contributed by atoms with Crippen molar-refractivity contribution in [3.63, 3.8) is 0 Å². The highest BCUT2D eigenvalue weighted by Gasteiger charge is 2.24. The first-order valence-electron chi connectivity index (χ1n) is 5.81. The number of carbonyl (C=O) groups is 1. The normalized spacial score (nSPS) is 11.1. The first-order chi connectivity index (χ1) is 9.43. The molecule has 0 aliphatic heterocycles. The summed E-state index contributed by atoms with van der Waals surface area (Å²) >= 11 is 0. The number of esters is 1. The molecule has 7 nitrogen and oxygen atoms in total. The van der Waals surface area contributed by atoms with Gasteiger partial charge in [-0.2, -0.15) is 5.26 Å². The predicted octanol–water partition coefficient (Wildman–Crippen LogP) is 0.527. The molecule has 0 spiro atoms. The van der Waals surface area contributed by atoms with Crippen molar-refractivity contribution in [1.29, 1.82) is 5.26 Å². The van der Waals surface area contributed by atoms with Crippen molar-refractivity contribution in [2.75, 3.05) is 20.7 Å². The molecular weight excluding hydrogens is 282 g/mol. The van der Waals surface area contributed by atoms with Crippen molar-refractivity contribution in [3.8, 4) is 6.07 Å². The summed E-state index contributed by atoms with van der Waals surface area (Å²) in [6.07, 6.45) is 1.83. The van der Waals surface area contributed by atoms with Gasteiger partial charge in [0.15, 0.2) is 5.69 Å². The van der Waals surface area contributed by atoms with E-state index in [-0.39, 0.29) is 23.6 Å². The maximum absolute atomic E-state index is 12.3. The zero-order valence-corrected chi connectivity index (χ0v) is 12.1. The third-order valence-corrected chi connectivity index (χ3v) is 4.53. The van der Waals surface area contributed by atoms with E-state index in [4.69, 9.17) is 5.26 Å². The molecule has 1 rings (SSSR count). The Bertz CT molecular complexity index is 622. The average molecular weight is 297 g/mol. The summed E-state index contributed by atoms with van der Waals surface area (Å²) in [6.45, 7) is 0.150. The van der Waals surface area contributed by atoms with E-state index >= 15 is 0 Å². The van der Waals surface area contributed by atoms with Gasteiger partial charge < -0.3 is 4.74 Å². The minimum atomic E-state index is -3.79. The van der Waals surface area contributed by atoms with E-state index in [0.717, 1.165) is 4.31 Å². The first kappa shape index (κ1) is 16.1. The van der Waals surface area contributed by atoms with E-state index in [1.807, 2.05) is 0 Å². The van der Waals surface area contributed by atoms with Gasteiger partial charge in [-0.3, -0.25) is 4.79 Å². The fourth-order valence-corrected chi connectivity index (χ4v) is 2.82. The molecule has 0 atom stereocenters. The zero-order valence-electron chi connectivity index (χ0n) is 11.2. The lowest BCUT2D eigenvalue weighted by Gasteiger charge is -2.17. The Labute approximate surface area is 117 Å². The van der Waals surface area contributed by atoms with Gasteiger partial charge in [0.1, 0.15) is 11.0 Å². The van der Waals surface area contributed by atoms with Crippen LogP contribution in [0.4, 0.5) is 0 Å². The molecule has 108 valence electrons. The molecule has 0 N–H and O–H groups in total. The number of aromatic nitrogens is 1. The summed E-state index contributed by atoms with van der Waals surface area (Å²) in [4.78, 5) is 14.6. The van der Waals surface area contributed by atoms with Crippen LogP contribution in [0.1, 0.15) is 18.5 Å². The summed E-state index contributed by atoms with van der Waals surface area (Å²) in [5.74, 6) is -0.394. The number of pyridine rings is 1. The Hall–Kier alpha value is -1.98. The number of nitrogens with zero attached hydrogens (tertiary/aromatic N) is 3. The minimum Gasteiger partial charge on any atom is -0.469 e. The second-order valence-electron chi connectivity index (χ2n) is 3.97. The molecule has 0 saturated heterocycles. The summed E-state index contributed by atoms with van der Waals surface area (Å²) < 4.78 is 30.1. The van der Waals surface area contributed by atoms with Gasteiger partial charge in [-0.05, 0) is 18.6 Å². The van der Waals surface area contributed by atoms with Crippen molar-refractivity contribution in [2.24, 2.45) is 0 Å². The van der Waals surface area contributed by atoms with Gasteiger partial charge in [-0.15, -0.1) is 0 Å². The summed E-state index contributed by atoms with van der Waals surface area (Å²) in [7, 11) is -1.13. The number of sulfonamides is 1. The van der Waals surface area contributed by atoms with E-state index in [0.29, 0.717) is 6.42 Å². The maximum Gasteiger partial charge on any atom is 0.305 e. The van der Waals surface area contributed by atoms with Gasteiger partial charge in [-0.25, -0.2) is 17.7 Å². The lowest BCUT2D eigenvalue weighted by Crippen LogP contribution is -2.29. The van der Waals surface area contributed by atoms with Crippen LogP contribution in [-0.2, 0) is 19.6 Å². The highest BCUT2D eigenvalue weighted by atomic mass is 32.2. The fourth-order valence-electron chi connectivity index (χ4n) is 1.52. The number of ether oxygens (including phenoxy) is 1. The molecule has 0 aromatic carbocycles. The molecule has 1 heterocycles. The van der Waals surface area contributed by atoms with E-state index in [9.17, 15) is 13.2 Å². The van der Waals surface area contributed by atoms with Crippen LogP contribution in [0, 0.1) is 11.3 Å². The fraction of sp³-hybridized carbons (Fsp3) is 0.417. The molecule has 0 saturated carbocycles. The highest BCUT2D eigenvalue weighted by molar-refractivity contribution is 7.89. The lowest BCUT2D eigenvalue weighted by molar-refractivity contribution is -0.140. The van der Waals surface area contributed by atoms with E-state index in [2.05, 4.69) is 9.72 Å². The average Bonchev–Trinajstić information content (AvgIpc) is 2.46. The molecule has 0 amide bonds. The zero-order chi connectivity index (χ0) is 15.2. The first-order valence-corrected chi connectivity index (χ1v) is 7.25. The molecule has 0 unspecified atom stereocenters. The van der Waals surface area contributed by atoms with Crippen molar-refractivity contribution in [2.45, 2.75) is 17.7 Å². The molecule has 20 heavy (non-hydrogen) atoms. The standard InChI is InChI=1S/C12H15N3O4S/c1-15(8-4-6-12(16)19-2)20(17,18)11-5-3-7-14-10(11)9-13/h3,5,7H,4,6,8H2,1-2H3. The van der Waals surface area contributed by atoms with Crippen LogP contribution in [0.5, 0.6) is 0 Å². The Balaban J connectivity index is 2.83. The van der Waals surface area contributed by atoms with Crippen LogP contribution in [0.25, 0.3) is 0 Å². The second kappa shape index (κ2) is 6.98. The third kappa shape index (κ3) is 3.76. The number of carbonyl (C=O) groups excluding carboxylic acids is 1. The van der Waals surface area contributed by atoms with E-state index in [1.165, 1.54) is 32.5 Å². The summed E-state index contributed by atoms with van der Waals surface area (Å²) in [6, 6.07) is 4.53. The molecule has 8 heteroatoms. The number of hydrogen-bond acceptors (Lipinski definition) is 6. The molecule has 1 aromatic rings.